The van der Waals surface area contributed by atoms with Gasteiger partial charge in [-0.25, -0.2) is 13.8 Å². The number of rotatable bonds is 13. The molecule has 0 spiro atoms. The first-order chi connectivity index (χ1) is 18.8. The van der Waals surface area contributed by atoms with Gasteiger partial charge in [0, 0.05) is 36.6 Å². The normalized spacial score (nSPS) is 14.1. The Balaban J connectivity index is 1.41. The van der Waals surface area contributed by atoms with Crippen molar-refractivity contribution >= 4 is 23.5 Å². The number of pyridine rings is 1. The highest BCUT2D eigenvalue weighted by Crippen LogP contribution is 2.40. The van der Waals surface area contributed by atoms with Crippen molar-refractivity contribution in [2.75, 3.05) is 34.4 Å². The largest absolute Gasteiger partial charge is 0.494 e. The molecule has 0 atom stereocenters. The Bertz CT molecular complexity index is 1380. The third-order valence-electron chi connectivity index (χ3n) is 6.32. The molecule has 3 N–H and O–H groups in total. The molecule has 0 bridgehead atoms. The summed E-state index contributed by atoms with van der Waals surface area (Å²) < 4.78 is 41.1. The van der Waals surface area contributed by atoms with Crippen LogP contribution in [0, 0.1) is 11.6 Å². The van der Waals surface area contributed by atoms with Crippen LogP contribution in [-0.4, -0.2) is 66.5 Å². The highest BCUT2D eigenvalue weighted by Gasteiger charge is 2.25. The molecule has 3 aromatic rings. The number of hydrazone groups is 1. The Hall–Kier alpha value is -3.90. The number of halogens is 2. The number of carbonyl (C=O) groups is 1. The van der Waals surface area contributed by atoms with Crippen molar-refractivity contribution in [2.45, 2.75) is 38.5 Å². The average Bonchev–Trinajstić information content (AvgIpc) is 3.68. The first kappa shape index (κ1) is 28.1. The van der Waals surface area contributed by atoms with Crippen molar-refractivity contribution in [3.8, 4) is 5.75 Å². The maximum Gasteiger partial charge on any atom is 0.273 e. The van der Waals surface area contributed by atoms with E-state index in [-0.39, 0.29) is 23.6 Å². The lowest BCUT2D eigenvalue weighted by atomic mass is 10.1. The van der Waals surface area contributed by atoms with Gasteiger partial charge in [0.05, 0.1) is 38.8 Å². The number of hydrogen-bond acceptors (Lipinski definition) is 8. The van der Waals surface area contributed by atoms with Crippen molar-refractivity contribution in [2.24, 2.45) is 15.9 Å². The van der Waals surface area contributed by atoms with E-state index in [2.05, 4.69) is 32.6 Å². The molecule has 0 aliphatic heterocycles. The monoisotopic (exact) mass is 541 g/mol. The van der Waals surface area contributed by atoms with Gasteiger partial charge in [0.25, 0.3) is 5.91 Å². The molecule has 1 aliphatic rings. The summed E-state index contributed by atoms with van der Waals surface area (Å²) >= 11 is 0. The molecule has 1 amide bonds. The molecule has 39 heavy (non-hydrogen) atoms. The van der Waals surface area contributed by atoms with E-state index in [0.717, 1.165) is 23.8 Å². The second-order valence-corrected chi connectivity index (χ2v) is 9.60. The van der Waals surface area contributed by atoms with Gasteiger partial charge in [-0.05, 0) is 56.6 Å². The van der Waals surface area contributed by atoms with Crippen LogP contribution < -0.4 is 15.9 Å². The zero-order chi connectivity index (χ0) is 27.9. The molecule has 4 rings (SSSR count). The second kappa shape index (κ2) is 12.8. The number of fused-ring (bicyclic) bond motifs is 1. The molecule has 10 nitrogen and oxygen atoms in total. The first-order valence-electron chi connectivity index (χ1n) is 12.6. The predicted molar refractivity (Wildman–Crippen MR) is 144 cm³/mol. The quantitative estimate of drug-likeness (QED) is 0.149. The summed E-state index contributed by atoms with van der Waals surface area (Å²) in [6, 6.07) is 4.40. The van der Waals surface area contributed by atoms with E-state index in [4.69, 9.17) is 20.3 Å². The van der Waals surface area contributed by atoms with E-state index in [1.807, 2.05) is 24.7 Å². The molecule has 1 aliphatic carbocycles. The summed E-state index contributed by atoms with van der Waals surface area (Å²) in [5.74, 6) is 3.37. The molecule has 1 aromatic carbocycles. The Labute approximate surface area is 225 Å². The Morgan fingerprint density at radius 1 is 1.31 bits per heavy atom. The van der Waals surface area contributed by atoms with E-state index in [0.29, 0.717) is 24.8 Å². The minimum absolute atomic E-state index is 0.130. The molecule has 12 heteroatoms. The molecular formula is C27H33F2N7O3. The number of hydrogen-bond donors (Lipinski definition) is 2. The first-order valence-corrected chi connectivity index (χ1v) is 12.6. The van der Waals surface area contributed by atoms with Crippen molar-refractivity contribution in [1.82, 2.24) is 19.6 Å². The van der Waals surface area contributed by atoms with Gasteiger partial charge in [-0.15, -0.1) is 0 Å². The summed E-state index contributed by atoms with van der Waals surface area (Å²) in [6.07, 6.45) is 7.55. The lowest BCUT2D eigenvalue weighted by molar-refractivity contribution is -0.114. The minimum atomic E-state index is -0.892. The van der Waals surface area contributed by atoms with E-state index in [1.165, 1.54) is 37.8 Å². The number of amides is 1. The lowest BCUT2D eigenvalue weighted by Crippen LogP contribution is -2.33. The van der Waals surface area contributed by atoms with Crippen LogP contribution in [0.4, 0.5) is 8.78 Å². The summed E-state index contributed by atoms with van der Waals surface area (Å²) in [5.41, 5.74) is 3.21. The number of nitrogens with one attached hydrogen (secondary N) is 1. The van der Waals surface area contributed by atoms with Gasteiger partial charge in [0.15, 0.2) is 17.3 Å². The minimum Gasteiger partial charge on any atom is -0.494 e. The zero-order valence-electron chi connectivity index (χ0n) is 22.3. The summed E-state index contributed by atoms with van der Waals surface area (Å²) in [5, 5.41) is 5.86. The van der Waals surface area contributed by atoms with Crippen molar-refractivity contribution in [3.05, 3.63) is 64.6 Å². The molecule has 1 fully saturated rings. The van der Waals surface area contributed by atoms with Gasteiger partial charge in [0.2, 0.25) is 0 Å². The number of ether oxygens (including phenoxy) is 2. The number of aliphatic imine (C=N–C) groups is 1. The van der Waals surface area contributed by atoms with Crippen molar-refractivity contribution < 1.29 is 23.0 Å². The number of nitrogens with two attached hydrogens (primary N) is 1. The topological polar surface area (TPSA) is 119 Å². The third kappa shape index (κ3) is 7.15. The van der Waals surface area contributed by atoms with E-state index < -0.39 is 24.1 Å². The maximum atomic E-state index is 14.3. The number of nitrogens with zero attached hydrogens (tertiary/aromatic N) is 5. The number of aromatic nitrogens is 2. The number of benzene rings is 1. The maximum absolute atomic E-state index is 14.3. The summed E-state index contributed by atoms with van der Waals surface area (Å²) in [7, 11) is 5.27. The fraction of sp³-hybridized carbons (Fsp3) is 0.407. The Morgan fingerprint density at radius 2 is 2.10 bits per heavy atom. The molecule has 1 saturated carbocycles. The van der Waals surface area contributed by atoms with Crippen LogP contribution in [0.1, 0.15) is 41.1 Å². The zero-order valence-corrected chi connectivity index (χ0v) is 22.3. The van der Waals surface area contributed by atoms with Crippen LogP contribution in [0.2, 0.25) is 0 Å². The number of carbonyl (C=O) groups excluding carboxylic acids is 1. The highest BCUT2D eigenvalue weighted by molar-refractivity contribution is 6.60. The van der Waals surface area contributed by atoms with Gasteiger partial charge in [0.1, 0.15) is 11.5 Å². The smallest absolute Gasteiger partial charge is 0.273 e. The molecule has 0 saturated heterocycles. The molecule has 2 heterocycles. The summed E-state index contributed by atoms with van der Waals surface area (Å²) in [6.45, 7) is 1.65. The molecule has 0 radical (unpaired) electrons. The highest BCUT2D eigenvalue weighted by atomic mass is 19.1. The molecule has 0 unspecified atom stereocenters. The standard InChI is InChI=1S/C27H33F2N7O3/c1-35(2)8-9-39-16-19-10-18(17-4-5-17)14-36-15-20(33-26(19)36)11-31-13-23(34-30)27(37)32-12-21-22(28)6-7-24(38-3)25(21)29/h6-7,10,13-15,17H,4-5,8-9,11-12,16,30H2,1-3H3,(H,32,37)/b31-13?,34-23+. The van der Waals surface area contributed by atoms with E-state index >= 15 is 0 Å². The third-order valence-corrected chi connectivity index (χ3v) is 6.32. The summed E-state index contributed by atoms with van der Waals surface area (Å²) in [4.78, 5) is 23.5. The van der Waals surface area contributed by atoms with E-state index in [1.54, 1.807) is 0 Å². The van der Waals surface area contributed by atoms with Gasteiger partial charge < -0.3 is 29.9 Å². The van der Waals surface area contributed by atoms with Crippen LogP contribution in [0.25, 0.3) is 5.65 Å². The SMILES string of the molecule is COc1ccc(F)c(CNC(=O)/C(C=NCc2cn3cc(C4CC4)cc(COCCN(C)C)c3n2)=N/N)c1F. The van der Waals surface area contributed by atoms with Crippen LogP contribution >= 0.6 is 0 Å². The van der Waals surface area contributed by atoms with Crippen LogP contribution in [0.15, 0.2) is 40.7 Å². The van der Waals surface area contributed by atoms with Crippen molar-refractivity contribution in [1.29, 1.82) is 0 Å². The fourth-order valence-electron chi connectivity index (χ4n) is 4.03. The van der Waals surface area contributed by atoms with Crippen molar-refractivity contribution in [3.63, 3.8) is 0 Å². The Kier molecular flexibility index (Phi) is 9.20. The van der Waals surface area contributed by atoms with E-state index in [9.17, 15) is 13.6 Å². The predicted octanol–water partition coefficient (Wildman–Crippen LogP) is 2.78. The fourth-order valence-corrected chi connectivity index (χ4v) is 4.03. The van der Waals surface area contributed by atoms with Gasteiger partial charge in [-0.2, -0.15) is 5.10 Å². The molecule has 208 valence electrons. The van der Waals surface area contributed by atoms with Crippen LogP contribution in [-0.2, 0) is 29.2 Å². The van der Waals surface area contributed by atoms with Gasteiger partial charge in [-0.3, -0.25) is 9.79 Å². The van der Waals surface area contributed by atoms with Gasteiger partial charge in [-0.1, -0.05) is 0 Å². The Morgan fingerprint density at radius 3 is 2.79 bits per heavy atom. The van der Waals surface area contributed by atoms with Crippen LogP contribution in [0.3, 0.4) is 0 Å². The number of likely N-dealkylation sites (N-methyl/N-ethyl adjacent to an activating group) is 1. The van der Waals surface area contributed by atoms with Crippen LogP contribution in [0.5, 0.6) is 5.75 Å². The molecular weight excluding hydrogens is 508 g/mol. The second-order valence-electron chi connectivity index (χ2n) is 9.60. The number of imidazole rings is 1. The number of methoxy groups -OCH3 is 1. The lowest BCUT2D eigenvalue weighted by Gasteiger charge is -2.11. The van der Waals surface area contributed by atoms with Gasteiger partial charge >= 0.3 is 0 Å². The average molecular weight is 542 g/mol. The molecule has 2 aromatic heterocycles.